The molecular formula is C14H9ClF2O2. The van der Waals surface area contributed by atoms with Gasteiger partial charge in [0.25, 0.3) is 0 Å². The molecule has 0 aromatic heterocycles. The summed E-state index contributed by atoms with van der Waals surface area (Å²) < 4.78 is 31.3. The zero-order valence-electron chi connectivity index (χ0n) is 9.70. The molecule has 0 saturated carbocycles. The summed E-state index contributed by atoms with van der Waals surface area (Å²) >= 11 is 5.84. The van der Waals surface area contributed by atoms with Crippen molar-refractivity contribution in [2.45, 2.75) is 6.61 Å². The zero-order valence-corrected chi connectivity index (χ0v) is 10.5. The van der Waals surface area contributed by atoms with E-state index in [4.69, 9.17) is 16.3 Å². The summed E-state index contributed by atoms with van der Waals surface area (Å²) in [5.74, 6) is -0.796. The standard InChI is InChI=1S/C14H9ClF2O2/c15-14-6-11(16)2-1-10(14)8-19-13-4-9(7-18)3-12(17)5-13/h1-7H,8H2. The molecule has 0 bridgehead atoms. The van der Waals surface area contributed by atoms with Gasteiger partial charge in [-0.1, -0.05) is 17.7 Å². The van der Waals surface area contributed by atoms with E-state index in [-0.39, 0.29) is 22.9 Å². The number of aldehydes is 1. The van der Waals surface area contributed by atoms with Crippen LogP contribution in [0.15, 0.2) is 36.4 Å². The Balaban J connectivity index is 2.14. The van der Waals surface area contributed by atoms with Crippen LogP contribution in [0.4, 0.5) is 8.78 Å². The fourth-order valence-corrected chi connectivity index (χ4v) is 1.76. The maximum Gasteiger partial charge on any atom is 0.150 e. The molecular weight excluding hydrogens is 274 g/mol. The van der Waals surface area contributed by atoms with Gasteiger partial charge in [0.2, 0.25) is 0 Å². The van der Waals surface area contributed by atoms with Gasteiger partial charge in [0.05, 0.1) is 5.02 Å². The summed E-state index contributed by atoms with van der Waals surface area (Å²) in [6.07, 6.45) is 0.529. The first kappa shape index (κ1) is 13.5. The van der Waals surface area contributed by atoms with Crippen molar-refractivity contribution in [2.75, 3.05) is 0 Å². The third kappa shape index (κ3) is 3.51. The molecule has 0 aliphatic heterocycles. The second-order valence-electron chi connectivity index (χ2n) is 3.86. The summed E-state index contributed by atoms with van der Waals surface area (Å²) in [4.78, 5) is 10.6. The van der Waals surface area contributed by atoms with Crippen LogP contribution < -0.4 is 4.74 Å². The number of hydrogen-bond acceptors (Lipinski definition) is 2. The van der Waals surface area contributed by atoms with E-state index in [1.165, 1.54) is 24.3 Å². The SMILES string of the molecule is O=Cc1cc(F)cc(OCc2ccc(F)cc2Cl)c1. The van der Waals surface area contributed by atoms with E-state index in [0.29, 0.717) is 11.8 Å². The van der Waals surface area contributed by atoms with Crippen LogP contribution in [0.5, 0.6) is 5.75 Å². The molecule has 0 saturated heterocycles. The molecule has 0 aliphatic carbocycles. The lowest BCUT2D eigenvalue weighted by Crippen LogP contribution is -1.98. The Hall–Kier alpha value is -1.94. The predicted molar refractivity (Wildman–Crippen MR) is 67.5 cm³/mol. The maximum atomic E-state index is 13.2. The summed E-state index contributed by atoms with van der Waals surface area (Å²) in [5, 5.41) is 0.229. The van der Waals surface area contributed by atoms with Gasteiger partial charge in [-0.2, -0.15) is 0 Å². The number of carbonyl (C=O) groups excluding carboxylic acids is 1. The van der Waals surface area contributed by atoms with E-state index in [0.717, 1.165) is 12.1 Å². The van der Waals surface area contributed by atoms with Gasteiger partial charge in [0, 0.05) is 17.2 Å². The van der Waals surface area contributed by atoms with Crippen LogP contribution in [0.25, 0.3) is 0 Å². The molecule has 19 heavy (non-hydrogen) atoms. The van der Waals surface area contributed by atoms with Crippen molar-refractivity contribution in [3.63, 3.8) is 0 Å². The lowest BCUT2D eigenvalue weighted by Gasteiger charge is -2.08. The number of benzene rings is 2. The molecule has 98 valence electrons. The van der Waals surface area contributed by atoms with E-state index in [2.05, 4.69) is 0 Å². The van der Waals surface area contributed by atoms with E-state index in [9.17, 15) is 13.6 Å². The molecule has 2 rings (SSSR count). The van der Waals surface area contributed by atoms with Crippen LogP contribution in [0.3, 0.4) is 0 Å². The van der Waals surface area contributed by atoms with Crippen molar-refractivity contribution >= 4 is 17.9 Å². The Morgan fingerprint density at radius 2 is 1.89 bits per heavy atom. The van der Waals surface area contributed by atoms with E-state index >= 15 is 0 Å². The summed E-state index contributed by atoms with van der Waals surface area (Å²) in [7, 11) is 0. The Morgan fingerprint density at radius 3 is 2.58 bits per heavy atom. The van der Waals surface area contributed by atoms with Crippen LogP contribution in [-0.2, 0) is 6.61 Å². The molecule has 2 aromatic rings. The van der Waals surface area contributed by atoms with E-state index < -0.39 is 11.6 Å². The highest BCUT2D eigenvalue weighted by atomic mass is 35.5. The van der Waals surface area contributed by atoms with Gasteiger partial charge in [0.15, 0.2) is 0 Å². The second kappa shape index (κ2) is 5.80. The van der Waals surface area contributed by atoms with Gasteiger partial charge in [-0.05, 0) is 24.3 Å². The molecule has 0 spiro atoms. The minimum atomic E-state index is -0.565. The predicted octanol–water partition coefficient (Wildman–Crippen LogP) is 4.01. The summed E-state index contributed by atoms with van der Waals surface area (Å²) in [6, 6.07) is 7.58. The van der Waals surface area contributed by atoms with Crippen LogP contribution in [-0.4, -0.2) is 6.29 Å². The molecule has 0 fully saturated rings. The molecule has 0 aliphatic rings. The van der Waals surface area contributed by atoms with Gasteiger partial charge in [-0.15, -0.1) is 0 Å². The molecule has 0 N–H and O–H groups in total. The van der Waals surface area contributed by atoms with Gasteiger partial charge in [0.1, 0.15) is 30.3 Å². The van der Waals surface area contributed by atoms with Crippen LogP contribution >= 0.6 is 11.6 Å². The average Bonchev–Trinajstić information content (AvgIpc) is 2.37. The van der Waals surface area contributed by atoms with Gasteiger partial charge in [-0.3, -0.25) is 4.79 Å². The number of ether oxygens (including phenoxy) is 1. The fraction of sp³-hybridized carbons (Fsp3) is 0.0714. The van der Waals surface area contributed by atoms with Gasteiger partial charge < -0.3 is 4.74 Å². The number of hydrogen-bond donors (Lipinski definition) is 0. The van der Waals surface area contributed by atoms with Crippen LogP contribution in [0.2, 0.25) is 5.02 Å². The van der Waals surface area contributed by atoms with Crippen molar-refractivity contribution in [1.82, 2.24) is 0 Å². The molecule has 0 radical (unpaired) electrons. The largest absolute Gasteiger partial charge is 0.489 e. The molecule has 0 unspecified atom stereocenters. The average molecular weight is 283 g/mol. The smallest absolute Gasteiger partial charge is 0.150 e. The van der Waals surface area contributed by atoms with Gasteiger partial charge >= 0.3 is 0 Å². The third-order valence-corrected chi connectivity index (χ3v) is 2.79. The van der Waals surface area contributed by atoms with Crippen molar-refractivity contribution in [3.8, 4) is 5.75 Å². The number of rotatable bonds is 4. The number of halogens is 3. The lowest BCUT2D eigenvalue weighted by molar-refractivity contribution is 0.112. The minimum absolute atomic E-state index is 0.0564. The van der Waals surface area contributed by atoms with Crippen molar-refractivity contribution in [3.05, 3.63) is 64.2 Å². The molecule has 0 heterocycles. The summed E-state index contributed by atoms with van der Waals surface area (Å²) in [5.41, 5.74) is 0.750. The third-order valence-electron chi connectivity index (χ3n) is 2.44. The lowest BCUT2D eigenvalue weighted by atomic mass is 10.2. The monoisotopic (exact) mass is 282 g/mol. The fourth-order valence-electron chi connectivity index (χ4n) is 1.54. The highest BCUT2D eigenvalue weighted by Crippen LogP contribution is 2.21. The molecule has 2 nitrogen and oxygen atoms in total. The first-order chi connectivity index (χ1) is 9.08. The number of carbonyl (C=O) groups is 1. The maximum absolute atomic E-state index is 13.2. The topological polar surface area (TPSA) is 26.3 Å². The summed E-state index contributed by atoms with van der Waals surface area (Å²) in [6.45, 7) is 0.0564. The van der Waals surface area contributed by atoms with Crippen molar-refractivity contribution in [2.24, 2.45) is 0 Å². The highest BCUT2D eigenvalue weighted by molar-refractivity contribution is 6.31. The van der Waals surface area contributed by atoms with Gasteiger partial charge in [-0.25, -0.2) is 8.78 Å². The zero-order chi connectivity index (χ0) is 13.8. The Labute approximate surface area is 113 Å². The normalized spacial score (nSPS) is 10.3. The Kier molecular flexibility index (Phi) is 4.12. The molecule has 0 atom stereocenters. The second-order valence-corrected chi connectivity index (χ2v) is 4.27. The van der Waals surface area contributed by atoms with E-state index in [1.54, 1.807) is 0 Å². The Bertz CT molecular complexity index is 614. The quantitative estimate of drug-likeness (QED) is 0.792. The first-order valence-electron chi connectivity index (χ1n) is 5.41. The van der Waals surface area contributed by atoms with Crippen molar-refractivity contribution in [1.29, 1.82) is 0 Å². The molecule has 2 aromatic carbocycles. The Morgan fingerprint density at radius 1 is 1.11 bits per heavy atom. The van der Waals surface area contributed by atoms with Crippen molar-refractivity contribution < 1.29 is 18.3 Å². The van der Waals surface area contributed by atoms with Crippen LogP contribution in [0.1, 0.15) is 15.9 Å². The van der Waals surface area contributed by atoms with Crippen LogP contribution in [0, 0.1) is 11.6 Å². The minimum Gasteiger partial charge on any atom is -0.489 e. The molecule has 0 amide bonds. The van der Waals surface area contributed by atoms with E-state index in [1.807, 2.05) is 0 Å². The highest BCUT2D eigenvalue weighted by Gasteiger charge is 2.05. The molecule has 5 heteroatoms. The first-order valence-corrected chi connectivity index (χ1v) is 5.79.